The Bertz CT molecular complexity index is 966. The van der Waals surface area contributed by atoms with Gasteiger partial charge in [-0.2, -0.15) is 0 Å². The fourth-order valence-corrected chi connectivity index (χ4v) is 3.40. The fraction of sp³-hybridized carbons (Fsp3) is 0.333. The molecule has 1 atom stereocenters. The van der Waals surface area contributed by atoms with Gasteiger partial charge in [-0.1, -0.05) is 12.1 Å². The minimum atomic E-state index is 0.0528. The van der Waals surface area contributed by atoms with Gasteiger partial charge in [0.1, 0.15) is 18.0 Å². The maximum Gasteiger partial charge on any atom is 0.254 e. The van der Waals surface area contributed by atoms with Gasteiger partial charge in [0.15, 0.2) is 0 Å². The van der Waals surface area contributed by atoms with Crippen molar-refractivity contribution in [3.8, 4) is 5.75 Å². The number of pyridine rings is 1. The Morgan fingerprint density at radius 1 is 1.30 bits per heavy atom. The standard InChI is InChI=1S/C21H24N4O2/c1-15-6-7-20-23-18(13-25(20)11-15)14-27-19-5-3-4-17(10-19)21(26)24-9-8-22-16(2)12-24/h3-7,10-11,13,16,22H,8-9,12,14H2,1-2H3. The third kappa shape index (κ3) is 3.95. The second kappa shape index (κ2) is 7.40. The third-order valence-corrected chi connectivity index (χ3v) is 4.77. The van der Waals surface area contributed by atoms with Crippen LogP contribution in [0.1, 0.15) is 28.5 Å². The van der Waals surface area contributed by atoms with E-state index in [1.165, 1.54) is 5.56 Å². The number of piperazine rings is 1. The Hall–Kier alpha value is -2.86. The molecule has 1 saturated heterocycles. The third-order valence-electron chi connectivity index (χ3n) is 4.77. The number of nitrogens with zero attached hydrogens (tertiary/aromatic N) is 3. The number of aromatic nitrogens is 2. The van der Waals surface area contributed by atoms with Crippen LogP contribution >= 0.6 is 0 Å². The van der Waals surface area contributed by atoms with E-state index in [0.717, 1.165) is 31.0 Å². The first-order valence-corrected chi connectivity index (χ1v) is 9.28. The maximum atomic E-state index is 12.7. The fourth-order valence-electron chi connectivity index (χ4n) is 3.40. The SMILES string of the molecule is Cc1ccc2nc(COc3cccc(C(=O)N4CCNC(C)C4)c3)cn2c1. The monoisotopic (exact) mass is 364 g/mol. The number of benzene rings is 1. The molecule has 27 heavy (non-hydrogen) atoms. The second-order valence-corrected chi connectivity index (χ2v) is 7.13. The van der Waals surface area contributed by atoms with Crippen LogP contribution < -0.4 is 10.1 Å². The van der Waals surface area contributed by atoms with Crippen molar-refractivity contribution < 1.29 is 9.53 Å². The van der Waals surface area contributed by atoms with Crippen molar-refractivity contribution in [3.63, 3.8) is 0 Å². The van der Waals surface area contributed by atoms with E-state index in [-0.39, 0.29) is 5.91 Å². The summed E-state index contributed by atoms with van der Waals surface area (Å²) in [6.45, 7) is 6.80. The van der Waals surface area contributed by atoms with E-state index >= 15 is 0 Å². The van der Waals surface area contributed by atoms with Gasteiger partial charge in [-0.25, -0.2) is 4.98 Å². The van der Waals surface area contributed by atoms with Crippen LogP contribution in [0.25, 0.3) is 5.65 Å². The highest BCUT2D eigenvalue weighted by Crippen LogP contribution is 2.18. The largest absolute Gasteiger partial charge is 0.487 e. The minimum Gasteiger partial charge on any atom is -0.487 e. The molecule has 0 aliphatic carbocycles. The molecule has 140 valence electrons. The topological polar surface area (TPSA) is 58.9 Å². The van der Waals surface area contributed by atoms with Crippen LogP contribution in [0, 0.1) is 6.92 Å². The highest BCUT2D eigenvalue weighted by molar-refractivity contribution is 5.94. The van der Waals surface area contributed by atoms with Gasteiger partial charge in [0, 0.05) is 43.6 Å². The van der Waals surface area contributed by atoms with Crippen LogP contribution in [0.3, 0.4) is 0 Å². The number of amides is 1. The number of imidazole rings is 1. The molecular weight excluding hydrogens is 340 g/mol. The lowest BCUT2D eigenvalue weighted by molar-refractivity contribution is 0.0708. The molecule has 1 N–H and O–H groups in total. The van der Waals surface area contributed by atoms with Crippen LogP contribution in [-0.2, 0) is 6.61 Å². The Morgan fingerprint density at radius 3 is 3.04 bits per heavy atom. The van der Waals surface area contributed by atoms with E-state index in [1.807, 2.05) is 58.1 Å². The molecule has 1 aliphatic rings. The van der Waals surface area contributed by atoms with E-state index in [9.17, 15) is 4.79 Å². The van der Waals surface area contributed by atoms with Crippen molar-refractivity contribution in [1.29, 1.82) is 0 Å². The molecule has 6 nitrogen and oxygen atoms in total. The molecule has 0 saturated carbocycles. The summed E-state index contributed by atoms with van der Waals surface area (Å²) >= 11 is 0. The van der Waals surface area contributed by atoms with Crippen LogP contribution in [0.15, 0.2) is 48.8 Å². The number of fused-ring (bicyclic) bond motifs is 1. The minimum absolute atomic E-state index is 0.0528. The molecule has 0 spiro atoms. The summed E-state index contributed by atoms with van der Waals surface area (Å²) in [7, 11) is 0. The molecule has 3 heterocycles. The van der Waals surface area contributed by atoms with Crippen LogP contribution in [0.5, 0.6) is 5.75 Å². The maximum absolute atomic E-state index is 12.7. The Morgan fingerprint density at radius 2 is 2.19 bits per heavy atom. The zero-order chi connectivity index (χ0) is 18.8. The van der Waals surface area contributed by atoms with Gasteiger partial charge in [0.2, 0.25) is 0 Å². The molecule has 3 aromatic rings. The van der Waals surface area contributed by atoms with E-state index in [4.69, 9.17) is 4.74 Å². The smallest absolute Gasteiger partial charge is 0.254 e. The van der Waals surface area contributed by atoms with Gasteiger partial charge >= 0.3 is 0 Å². The van der Waals surface area contributed by atoms with E-state index in [1.54, 1.807) is 0 Å². The number of hydrogen-bond donors (Lipinski definition) is 1. The van der Waals surface area contributed by atoms with Crippen LogP contribution in [0.2, 0.25) is 0 Å². The molecule has 0 radical (unpaired) electrons. The van der Waals surface area contributed by atoms with E-state index in [2.05, 4.69) is 24.1 Å². The highest BCUT2D eigenvalue weighted by atomic mass is 16.5. The molecule has 6 heteroatoms. The molecule has 0 bridgehead atoms. The second-order valence-electron chi connectivity index (χ2n) is 7.13. The predicted octanol–water partition coefficient (Wildman–Crippen LogP) is 2.66. The van der Waals surface area contributed by atoms with Crippen LogP contribution in [-0.4, -0.2) is 45.9 Å². The molecule has 2 aromatic heterocycles. The van der Waals surface area contributed by atoms with Crippen molar-refractivity contribution in [3.05, 3.63) is 65.6 Å². The highest BCUT2D eigenvalue weighted by Gasteiger charge is 2.21. The van der Waals surface area contributed by atoms with Gasteiger partial charge < -0.3 is 19.4 Å². The lowest BCUT2D eigenvalue weighted by Crippen LogP contribution is -2.51. The van der Waals surface area contributed by atoms with Crippen molar-refractivity contribution >= 4 is 11.6 Å². The van der Waals surface area contributed by atoms with Gasteiger partial charge in [0.05, 0.1) is 5.69 Å². The average molecular weight is 364 g/mol. The number of hydrogen-bond acceptors (Lipinski definition) is 4. The first kappa shape index (κ1) is 17.5. The summed E-state index contributed by atoms with van der Waals surface area (Å²) < 4.78 is 7.89. The van der Waals surface area contributed by atoms with Gasteiger partial charge in [0.25, 0.3) is 5.91 Å². The molecule has 4 rings (SSSR count). The first-order chi connectivity index (χ1) is 13.1. The quantitative estimate of drug-likeness (QED) is 0.773. The lowest BCUT2D eigenvalue weighted by Gasteiger charge is -2.32. The molecular formula is C21H24N4O2. The molecule has 1 aliphatic heterocycles. The van der Waals surface area contributed by atoms with Crippen molar-refractivity contribution in [2.24, 2.45) is 0 Å². The summed E-state index contributed by atoms with van der Waals surface area (Å²) in [5.41, 5.74) is 3.59. The van der Waals surface area contributed by atoms with E-state index in [0.29, 0.717) is 24.0 Å². The molecule has 1 amide bonds. The van der Waals surface area contributed by atoms with Gasteiger partial charge in [-0.3, -0.25) is 4.79 Å². The molecule has 1 aromatic carbocycles. The van der Waals surface area contributed by atoms with Crippen LogP contribution in [0.4, 0.5) is 0 Å². The Kier molecular flexibility index (Phi) is 4.81. The predicted molar refractivity (Wildman–Crippen MR) is 104 cm³/mol. The van der Waals surface area contributed by atoms with Crippen molar-refractivity contribution in [2.45, 2.75) is 26.5 Å². The lowest BCUT2D eigenvalue weighted by atomic mass is 10.1. The normalized spacial score (nSPS) is 17.3. The summed E-state index contributed by atoms with van der Waals surface area (Å²) in [6, 6.07) is 11.7. The van der Waals surface area contributed by atoms with Crippen molar-refractivity contribution in [1.82, 2.24) is 19.6 Å². The molecule has 1 unspecified atom stereocenters. The first-order valence-electron chi connectivity index (χ1n) is 9.28. The van der Waals surface area contributed by atoms with Gasteiger partial charge in [-0.05, 0) is 43.7 Å². The number of carbonyl (C=O) groups excluding carboxylic acids is 1. The van der Waals surface area contributed by atoms with E-state index < -0.39 is 0 Å². The Balaban J connectivity index is 1.44. The molecule has 1 fully saturated rings. The number of aryl methyl sites for hydroxylation is 1. The van der Waals surface area contributed by atoms with Gasteiger partial charge in [-0.15, -0.1) is 0 Å². The Labute approximate surface area is 158 Å². The number of nitrogens with one attached hydrogen (secondary N) is 1. The van der Waals surface area contributed by atoms with Crippen molar-refractivity contribution in [2.75, 3.05) is 19.6 Å². The average Bonchev–Trinajstić information content (AvgIpc) is 3.08. The zero-order valence-corrected chi connectivity index (χ0v) is 15.7. The summed E-state index contributed by atoms with van der Waals surface area (Å²) in [5, 5.41) is 3.36. The zero-order valence-electron chi connectivity index (χ0n) is 15.7. The summed E-state index contributed by atoms with van der Waals surface area (Å²) in [6.07, 6.45) is 4.01. The number of rotatable bonds is 4. The number of ether oxygens (including phenoxy) is 1. The summed E-state index contributed by atoms with van der Waals surface area (Å²) in [5.74, 6) is 0.731. The summed E-state index contributed by atoms with van der Waals surface area (Å²) in [4.78, 5) is 19.2. The number of carbonyl (C=O) groups is 1.